The first-order chi connectivity index (χ1) is 10.5. The molecule has 0 saturated carbocycles. The van der Waals surface area contributed by atoms with E-state index in [4.69, 9.17) is 9.47 Å². The summed E-state index contributed by atoms with van der Waals surface area (Å²) in [5, 5.41) is 0. The summed E-state index contributed by atoms with van der Waals surface area (Å²) in [4.78, 5) is 24.8. The molecule has 0 radical (unpaired) electrons. The van der Waals surface area contributed by atoms with E-state index in [0.29, 0.717) is 6.42 Å². The van der Waals surface area contributed by atoms with Gasteiger partial charge in [-0.25, -0.2) is 4.79 Å². The largest absolute Gasteiger partial charge is 0.459 e. The minimum atomic E-state index is -0.791. The smallest absolute Gasteiger partial charge is 0.348 e. The third-order valence-corrected chi connectivity index (χ3v) is 5.72. The molecule has 132 valence electrons. The van der Waals surface area contributed by atoms with Gasteiger partial charge in [0.1, 0.15) is 6.10 Å². The first-order valence-electron chi connectivity index (χ1n) is 8.61. The number of rotatable bonds is 7. The van der Waals surface area contributed by atoms with Crippen molar-refractivity contribution in [3.8, 4) is 0 Å². The lowest BCUT2D eigenvalue weighted by atomic mass is 9.70. The van der Waals surface area contributed by atoms with Gasteiger partial charge in [-0.2, -0.15) is 0 Å². The van der Waals surface area contributed by atoms with Gasteiger partial charge in [-0.3, -0.25) is 4.79 Å². The Hall–Kier alpha value is -1.32. The van der Waals surface area contributed by atoms with Crippen LogP contribution in [0.15, 0.2) is 12.2 Å². The highest BCUT2D eigenvalue weighted by Crippen LogP contribution is 2.40. The number of ether oxygens (including phenoxy) is 2. The van der Waals surface area contributed by atoms with E-state index >= 15 is 0 Å². The van der Waals surface area contributed by atoms with Gasteiger partial charge in [0.25, 0.3) is 0 Å². The van der Waals surface area contributed by atoms with E-state index in [2.05, 4.69) is 27.4 Å². The van der Waals surface area contributed by atoms with E-state index < -0.39 is 17.5 Å². The van der Waals surface area contributed by atoms with Gasteiger partial charge in [0.2, 0.25) is 6.10 Å². The molecule has 23 heavy (non-hydrogen) atoms. The molecule has 0 amide bonds. The second kappa shape index (κ2) is 7.50. The van der Waals surface area contributed by atoms with E-state index in [9.17, 15) is 9.59 Å². The highest BCUT2D eigenvalue weighted by molar-refractivity contribution is 5.83. The van der Waals surface area contributed by atoms with Gasteiger partial charge in [-0.15, -0.1) is 0 Å². The predicted octanol–water partition coefficient (Wildman–Crippen LogP) is 4.13. The van der Waals surface area contributed by atoms with Crippen molar-refractivity contribution < 1.29 is 19.1 Å². The van der Waals surface area contributed by atoms with Crippen molar-refractivity contribution in [2.24, 2.45) is 23.2 Å². The fourth-order valence-electron chi connectivity index (χ4n) is 2.97. The molecule has 0 aromatic rings. The fraction of sp³-hybridized carbons (Fsp3) is 0.789. The monoisotopic (exact) mass is 324 g/mol. The van der Waals surface area contributed by atoms with Crippen molar-refractivity contribution in [1.82, 2.24) is 0 Å². The van der Waals surface area contributed by atoms with Crippen molar-refractivity contribution in [3.05, 3.63) is 12.2 Å². The van der Waals surface area contributed by atoms with Crippen LogP contribution in [0, 0.1) is 23.2 Å². The highest BCUT2D eigenvalue weighted by atomic mass is 16.6. The summed E-state index contributed by atoms with van der Waals surface area (Å²) >= 11 is 0. The molecule has 0 aromatic heterocycles. The van der Waals surface area contributed by atoms with Crippen molar-refractivity contribution in [3.63, 3.8) is 0 Å². The second-order valence-electron chi connectivity index (χ2n) is 7.51. The molecule has 0 aliphatic carbocycles. The van der Waals surface area contributed by atoms with Crippen molar-refractivity contribution in [1.29, 1.82) is 0 Å². The van der Waals surface area contributed by atoms with Crippen molar-refractivity contribution in [2.45, 2.75) is 73.5 Å². The van der Waals surface area contributed by atoms with Crippen molar-refractivity contribution >= 4 is 11.9 Å². The third-order valence-electron chi connectivity index (χ3n) is 5.72. The maximum Gasteiger partial charge on any atom is 0.348 e. The molecule has 1 saturated heterocycles. The Kier molecular flexibility index (Phi) is 6.43. The minimum Gasteiger partial charge on any atom is -0.459 e. The standard InChI is InChI=1S/C19H32O4/c1-9-13(5)19(8,10-12(4)11(2)3)18(21)23-16-14(6)15(7)22-17(16)20/h12-16H,2,9-10H2,1,3-8H3. The topological polar surface area (TPSA) is 52.6 Å². The van der Waals surface area contributed by atoms with Crippen LogP contribution in [0.5, 0.6) is 0 Å². The van der Waals surface area contributed by atoms with Crippen LogP contribution < -0.4 is 0 Å². The zero-order chi connectivity index (χ0) is 17.9. The molecular weight excluding hydrogens is 292 g/mol. The number of carbonyl (C=O) groups is 2. The number of hydrogen-bond donors (Lipinski definition) is 0. The quantitative estimate of drug-likeness (QED) is 0.522. The van der Waals surface area contributed by atoms with Gasteiger partial charge in [-0.1, -0.05) is 46.3 Å². The number of cyclic esters (lactones) is 1. The van der Waals surface area contributed by atoms with Crippen LogP contribution in [-0.2, 0) is 19.1 Å². The highest BCUT2D eigenvalue weighted by Gasteiger charge is 2.47. The van der Waals surface area contributed by atoms with Crippen LogP contribution in [0.25, 0.3) is 0 Å². The first-order valence-corrected chi connectivity index (χ1v) is 8.61. The maximum absolute atomic E-state index is 12.9. The Balaban J connectivity index is 2.96. The molecule has 1 fully saturated rings. The van der Waals surface area contributed by atoms with Gasteiger partial charge in [0.05, 0.1) is 5.41 Å². The SMILES string of the molecule is C=C(C)C(C)CC(C)(C(=O)OC1C(=O)OC(C)C1C)C(C)CC. The van der Waals surface area contributed by atoms with Crippen molar-refractivity contribution in [2.75, 3.05) is 0 Å². The van der Waals surface area contributed by atoms with Crippen LogP contribution in [0.3, 0.4) is 0 Å². The average Bonchev–Trinajstić information content (AvgIpc) is 2.72. The Labute approximate surface area is 140 Å². The molecule has 1 aliphatic rings. The third kappa shape index (κ3) is 4.15. The molecule has 1 heterocycles. The molecular formula is C19H32O4. The van der Waals surface area contributed by atoms with Crippen LogP contribution in [0.2, 0.25) is 0 Å². The summed E-state index contributed by atoms with van der Waals surface area (Å²) in [6.07, 6.45) is 0.530. The Morgan fingerprint density at radius 2 is 1.96 bits per heavy atom. The van der Waals surface area contributed by atoms with Crippen LogP contribution in [0.4, 0.5) is 0 Å². The second-order valence-corrected chi connectivity index (χ2v) is 7.51. The average molecular weight is 324 g/mol. The normalized spacial score (nSPS) is 29.3. The van der Waals surface area contributed by atoms with E-state index in [1.165, 1.54) is 0 Å². The van der Waals surface area contributed by atoms with Crippen LogP contribution in [0.1, 0.15) is 61.3 Å². The molecule has 0 spiro atoms. The number of allylic oxidation sites excluding steroid dienone is 1. The van der Waals surface area contributed by atoms with Gasteiger partial charge < -0.3 is 9.47 Å². The molecule has 1 aliphatic heterocycles. The van der Waals surface area contributed by atoms with E-state index in [1.54, 1.807) is 0 Å². The lowest BCUT2D eigenvalue weighted by Gasteiger charge is -2.36. The number of esters is 2. The summed E-state index contributed by atoms with van der Waals surface area (Å²) in [6.45, 7) is 17.8. The summed E-state index contributed by atoms with van der Waals surface area (Å²) in [5.41, 5.74) is 0.411. The number of carbonyl (C=O) groups excluding carboxylic acids is 2. The predicted molar refractivity (Wildman–Crippen MR) is 90.8 cm³/mol. The van der Waals surface area contributed by atoms with Gasteiger partial charge in [0, 0.05) is 5.92 Å². The lowest BCUT2D eigenvalue weighted by molar-refractivity contribution is -0.172. The zero-order valence-corrected chi connectivity index (χ0v) is 15.6. The summed E-state index contributed by atoms with van der Waals surface area (Å²) in [6, 6.07) is 0. The van der Waals surface area contributed by atoms with Crippen LogP contribution >= 0.6 is 0 Å². The molecule has 6 atom stereocenters. The van der Waals surface area contributed by atoms with Gasteiger partial charge in [-0.05, 0) is 39.0 Å². The molecule has 0 aromatic carbocycles. The van der Waals surface area contributed by atoms with E-state index in [-0.39, 0.29) is 29.8 Å². The van der Waals surface area contributed by atoms with E-state index in [1.807, 2.05) is 27.7 Å². The van der Waals surface area contributed by atoms with Gasteiger partial charge in [0.15, 0.2) is 0 Å². The lowest BCUT2D eigenvalue weighted by Crippen LogP contribution is -2.41. The molecule has 6 unspecified atom stereocenters. The minimum absolute atomic E-state index is 0.119. The zero-order valence-electron chi connectivity index (χ0n) is 15.6. The molecule has 4 nitrogen and oxygen atoms in total. The number of hydrogen-bond acceptors (Lipinski definition) is 4. The summed E-state index contributed by atoms with van der Waals surface area (Å²) in [7, 11) is 0. The molecule has 1 rings (SSSR count). The van der Waals surface area contributed by atoms with Crippen LogP contribution in [-0.4, -0.2) is 24.1 Å². The Morgan fingerprint density at radius 1 is 1.39 bits per heavy atom. The molecule has 0 bridgehead atoms. The maximum atomic E-state index is 12.9. The molecule has 4 heteroatoms. The first kappa shape index (κ1) is 19.7. The van der Waals surface area contributed by atoms with Gasteiger partial charge >= 0.3 is 11.9 Å². The van der Waals surface area contributed by atoms with E-state index in [0.717, 1.165) is 12.0 Å². The fourth-order valence-corrected chi connectivity index (χ4v) is 2.97. The Bertz CT molecular complexity index is 470. The summed E-state index contributed by atoms with van der Waals surface area (Å²) in [5.74, 6) is -0.484. The Morgan fingerprint density at radius 3 is 2.35 bits per heavy atom. The summed E-state index contributed by atoms with van der Waals surface area (Å²) < 4.78 is 10.8. The molecule has 0 N–H and O–H groups in total.